The lowest BCUT2D eigenvalue weighted by Crippen LogP contribution is -2.51. The maximum absolute atomic E-state index is 12.8. The molecule has 2 aliphatic heterocycles. The van der Waals surface area contributed by atoms with E-state index >= 15 is 0 Å². The molecular formula is C18H22N4O3S. The first kappa shape index (κ1) is 17.4. The molecular weight excluding hydrogens is 352 g/mol. The van der Waals surface area contributed by atoms with Crippen LogP contribution in [0.4, 0.5) is 5.69 Å². The molecule has 0 radical (unpaired) electrons. The van der Waals surface area contributed by atoms with Gasteiger partial charge in [-0.3, -0.25) is 19.3 Å². The van der Waals surface area contributed by atoms with E-state index in [1.807, 2.05) is 17.0 Å². The molecule has 3 amide bonds. The van der Waals surface area contributed by atoms with Crippen LogP contribution in [-0.4, -0.2) is 72.0 Å². The van der Waals surface area contributed by atoms with Crippen LogP contribution in [0.15, 0.2) is 23.1 Å². The zero-order valence-corrected chi connectivity index (χ0v) is 15.3. The quantitative estimate of drug-likeness (QED) is 0.814. The van der Waals surface area contributed by atoms with Crippen molar-refractivity contribution in [3.63, 3.8) is 0 Å². The maximum Gasteiger partial charge on any atom is 0.254 e. The summed E-state index contributed by atoms with van der Waals surface area (Å²) in [6.07, 6.45) is 2.18. The van der Waals surface area contributed by atoms with E-state index in [0.29, 0.717) is 55.8 Å². The minimum absolute atomic E-state index is 0.0281. The molecule has 138 valence electrons. The number of carbonyl (C=O) groups excluding carboxylic acids is 3. The maximum atomic E-state index is 12.8. The molecule has 3 aliphatic rings. The van der Waals surface area contributed by atoms with Crippen molar-refractivity contribution < 1.29 is 14.4 Å². The molecule has 0 spiro atoms. The molecule has 1 aromatic rings. The van der Waals surface area contributed by atoms with Gasteiger partial charge in [-0.25, -0.2) is 0 Å². The molecule has 0 unspecified atom stereocenters. The van der Waals surface area contributed by atoms with Gasteiger partial charge in [-0.05, 0) is 31.0 Å². The number of piperazine rings is 1. The third-order valence-corrected chi connectivity index (χ3v) is 5.90. The number of rotatable bonds is 4. The molecule has 1 saturated heterocycles. The highest BCUT2D eigenvalue weighted by molar-refractivity contribution is 8.00. The summed E-state index contributed by atoms with van der Waals surface area (Å²) in [7, 11) is 0. The van der Waals surface area contributed by atoms with Crippen LogP contribution in [0.25, 0.3) is 0 Å². The molecule has 1 saturated carbocycles. The van der Waals surface area contributed by atoms with E-state index in [-0.39, 0.29) is 17.7 Å². The number of nitrogens with one attached hydrogen (secondary N) is 2. The predicted molar refractivity (Wildman–Crippen MR) is 99.3 cm³/mol. The molecule has 7 nitrogen and oxygen atoms in total. The molecule has 2 fully saturated rings. The van der Waals surface area contributed by atoms with Crippen LogP contribution in [0.3, 0.4) is 0 Å². The standard InChI is InChI=1S/C18H22N4O3S/c23-16(19-13-2-3-13)10-21-5-7-22(8-6-21)18(25)12-1-4-15-14(9-12)20-17(24)11-26-15/h1,4,9,13H,2-3,5-8,10-11H2,(H,19,23)(H,20,24). The lowest BCUT2D eigenvalue weighted by Gasteiger charge is -2.34. The van der Waals surface area contributed by atoms with Gasteiger partial charge in [0, 0.05) is 42.7 Å². The Morgan fingerprint density at radius 1 is 1.19 bits per heavy atom. The van der Waals surface area contributed by atoms with Crippen LogP contribution in [0.1, 0.15) is 23.2 Å². The van der Waals surface area contributed by atoms with Gasteiger partial charge in [-0.2, -0.15) is 0 Å². The fourth-order valence-electron chi connectivity index (χ4n) is 3.21. The molecule has 1 aromatic carbocycles. The summed E-state index contributed by atoms with van der Waals surface area (Å²) in [6.45, 7) is 3.00. The van der Waals surface area contributed by atoms with E-state index in [2.05, 4.69) is 15.5 Å². The molecule has 0 aromatic heterocycles. The number of hydrogen-bond donors (Lipinski definition) is 2. The second-order valence-electron chi connectivity index (χ2n) is 6.96. The van der Waals surface area contributed by atoms with Gasteiger partial charge >= 0.3 is 0 Å². The van der Waals surface area contributed by atoms with Gasteiger partial charge in [0.15, 0.2) is 0 Å². The third kappa shape index (κ3) is 4.02. The molecule has 1 aliphatic carbocycles. The minimum atomic E-state index is -0.0369. The molecule has 2 N–H and O–H groups in total. The highest BCUT2D eigenvalue weighted by Gasteiger charge is 2.27. The van der Waals surface area contributed by atoms with Crippen LogP contribution >= 0.6 is 11.8 Å². The summed E-state index contributed by atoms with van der Waals surface area (Å²) in [5, 5.41) is 5.82. The average molecular weight is 374 g/mol. The van der Waals surface area contributed by atoms with Gasteiger partial charge in [0.25, 0.3) is 5.91 Å². The van der Waals surface area contributed by atoms with Crippen LogP contribution in [0, 0.1) is 0 Å². The lowest BCUT2D eigenvalue weighted by atomic mass is 10.1. The number of benzene rings is 1. The highest BCUT2D eigenvalue weighted by atomic mass is 32.2. The van der Waals surface area contributed by atoms with Crippen molar-refractivity contribution in [3.05, 3.63) is 23.8 Å². The lowest BCUT2D eigenvalue weighted by molar-refractivity contribution is -0.122. The number of amides is 3. The van der Waals surface area contributed by atoms with Crippen molar-refractivity contribution in [2.75, 3.05) is 43.8 Å². The van der Waals surface area contributed by atoms with E-state index in [1.165, 1.54) is 11.8 Å². The Labute approximate surface area is 156 Å². The summed E-state index contributed by atoms with van der Waals surface area (Å²) in [4.78, 5) is 41.1. The van der Waals surface area contributed by atoms with E-state index in [1.54, 1.807) is 6.07 Å². The average Bonchev–Trinajstić information content (AvgIpc) is 3.45. The third-order valence-electron chi connectivity index (χ3n) is 4.83. The summed E-state index contributed by atoms with van der Waals surface area (Å²) in [6, 6.07) is 5.86. The Morgan fingerprint density at radius 2 is 1.96 bits per heavy atom. The molecule has 26 heavy (non-hydrogen) atoms. The Kier molecular flexibility index (Phi) is 4.86. The van der Waals surface area contributed by atoms with Crippen molar-refractivity contribution in [1.29, 1.82) is 0 Å². The SMILES string of the molecule is O=C1CSc2ccc(C(=O)N3CCN(CC(=O)NC4CC4)CC3)cc2N1. The van der Waals surface area contributed by atoms with E-state index in [9.17, 15) is 14.4 Å². The summed E-state index contributed by atoms with van der Waals surface area (Å²) in [5.74, 6) is 0.427. The van der Waals surface area contributed by atoms with Gasteiger partial charge in [-0.15, -0.1) is 11.8 Å². The van der Waals surface area contributed by atoms with E-state index in [0.717, 1.165) is 17.7 Å². The fraction of sp³-hybridized carbons (Fsp3) is 0.500. The fourth-order valence-corrected chi connectivity index (χ4v) is 4.00. The largest absolute Gasteiger partial charge is 0.352 e. The van der Waals surface area contributed by atoms with Crippen molar-refractivity contribution in [2.45, 2.75) is 23.8 Å². The molecule has 0 atom stereocenters. The Balaban J connectivity index is 1.32. The summed E-state index contributed by atoms with van der Waals surface area (Å²) < 4.78 is 0. The summed E-state index contributed by atoms with van der Waals surface area (Å²) in [5.41, 5.74) is 1.30. The van der Waals surface area contributed by atoms with Crippen molar-refractivity contribution >= 4 is 35.2 Å². The van der Waals surface area contributed by atoms with Gasteiger partial charge < -0.3 is 15.5 Å². The van der Waals surface area contributed by atoms with Crippen LogP contribution < -0.4 is 10.6 Å². The topological polar surface area (TPSA) is 81.8 Å². The monoisotopic (exact) mass is 374 g/mol. The predicted octanol–water partition coefficient (Wildman–Crippen LogP) is 0.767. The second-order valence-corrected chi connectivity index (χ2v) is 7.98. The highest BCUT2D eigenvalue weighted by Crippen LogP contribution is 2.32. The second kappa shape index (κ2) is 7.28. The molecule has 4 rings (SSSR count). The molecule has 0 bridgehead atoms. The van der Waals surface area contributed by atoms with Gasteiger partial charge in [0.2, 0.25) is 11.8 Å². The molecule has 8 heteroatoms. The van der Waals surface area contributed by atoms with Crippen LogP contribution in [0.2, 0.25) is 0 Å². The number of anilines is 1. The van der Waals surface area contributed by atoms with Crippen LogP contribution in [-0.2, 0) is 9.59 Å². The van der Waals surface area contributed by atoms with Gasteiger partial charge in [-0.1, -0.05) is 0 Å². The van der Waals surface area contributed by atoms with Gasteiger partial charge in [0.05, 0.1) is 18.0 Å². The number of carbonyl (C=O) groups is 3. The van der Waals surface area contributed by atoms with Crippen LogP contribution in [0.5, 0.6) is 0 Å². The minimum Gasteiger partial charge on any atom is -0.352 e. The van der Waals surface area contributed by atoms with Crippen molar-refractivity contribution in [2.24, 2.45) is 0 Å². The first-order valence-electron chi connectivity index (χ1n) is 8.96. The van der Waals surface area contributed by atoms with Gasteiger partial charge in [0.1, 0.15) is 0 Å². The number of nitrogens with zero attached hydrogens (tertiary/aromatic N) is 2. The van der Waals surface area contributed by atoms with E-state index in [4.69, 9.17) is 0 Å². The number of fused-ring (bicyclic) bond motifs is 1. The number of thioether (sulfide) groups is 1. The van der Waals surface area contributed by atoms with Crippen molar-refractivity contribution in [1.82, 2.24) is 15.1 Å². The molecule has 2 heterocycles. The number of hydrogen-bond acceptors (Lipinski definition) is 5. The first-order valence-corrected chi connectivity index (χ1v) is 9.95. The van der Waals surface area contributed by atoms with Crippen molar-refractivity contribution in [3.8, 4) is 0 Å². The normalized spacial score (nSPS) is 20.3. The smallest absolute Gasteiger partial charge is 0.254 e. The zero-order chi connectivity index (χ0) is 18.1. The zero-order valence-electron chi connectivity index (χ0n) is 14.5. The summed E-state index contributed by atoms with van der Waals surface area (Å²) >= 11 is 1.49. The van der Waals surface area contributed by atoms with E-state index < -0.39 is 0 Å². The Bertz CT molecular complexity index is 742. The Morgan fingerprint density at radius 3 is 2.69 bits per heavy atom. The first-order chi connectivity index (χ1) is 12.6. The Hall–Kier alpha value is -2.06.